The molecule has 29 heavy (non-hydrogen) atoms. The van der Waals surface area contributed by atoms with Gasteiger partial charge in [-0.05, 0) is 62.6 Å². The molecule has 0 saturated carbocycles. The Balaban J connectivity index is 1.48. The highest BCUT2D eigenvalue weighted by atomic mass is 16.5. The molecule has 2 atom stereocenters. The number of ether oxygens (including phenoxy) is 3. The summed E-state index contributed by atoms with van der Waals surface area (Å²) < 4.78 is 17.2. The van der Waals surface area contributed by atoms with Gasteiger partial charge in [-0.25, -0.2) is 0 Å². The Kier molecular flexibility index (Phi) is 7.76. The van der Waals surface area contributed by atoms with Crippen molar-refractivity contribution in [2.45, 2.75) is 45.3 Å². The summed E-state index contributed by atoms with van der Waals surface area (Å²) in [5.41, 5.74) is 1.52. The van der Waals surface area contributed by atoms with Crippen molar-refractivity contribution in [3.05, 3.63) is 48.5 Å². The summed E-state index contributed by atoms with van der Waals surface area (Å²) in [7, 11) is 0. The summed E-state index contributed by atoms with van der Waals surface area (Å²) in [6, 6.07) is 15.1. The topological polar surface area (TPSA) is 68.8 Å². The Morgan fingerprint density at radius 3 is 2.72 bits per heavy atom. The summed E-state index contributed by atoms with van der Waals surface area (Å²) in [4.78, 5) is 12.4. The van der Waals surface area contributed by atoms with Crippen molar-refractivity contribution in [3.8, 4) is 11.5 Å². The quantitative estimate of drug-likeness (QED) is 0.618. The van der Waals surface area contributed by atoms with Gasteiger partial charge in [0.1, 0.15) is 18.1 Å². The van der Waals surface area contributed by atoms with Crippen LogP contribution in [0.3, 0.4) is 0 Å². The van der Waals surface area contributed by atoms with E-state index in [1.807, 2.05) is 55.5 Å². The average Bonchev–Trinajstić information content (AvgIpc) is 3.26. The molecule has 1 heterocycles. The molecule has 2 aromatic rings. The number of rotatable bonds is 10. The maximum Gasteiger partial charge on any atom is 0.243 e. The Hall–Kier alpha value is -2.73. The number of anilines is 2. The molecule has 0 radical (unpaired) electrons. The van der Waals surface area contributed by atoms with E-state index >= 15 is 0 Å². The second-order valence-corrected chi connectivity index (χ2v) is 7.21. The Morgan fingerprint density at radius 2 is 2.00 bits per heavy atom. The fraction of sp³-hybridized carbons (Fsp3) is 0.435. The lowest BCUT2D eigenvalue weighted by atomic mass is 10.2. The van der Waals surface area contributed by atoms with Crippen LogP contribution in [0.5, 0.6) is 11.5 Å². The van der Waals surface area contributed by atoms with E-state index < -0.39 is 0 Å². The first-order valence-corrected chi connectivity index (χ1v) is 10.3. The van der Waals surface area contributed by atoms with Gasteiger partial charge in [-0.3, -0.25) is 4.79 Å². The average molecular weight is 399 g/mol. The number of hydrogen-bond donors (Lipinski definition) is 2. The maximum absolute atomic E-state index is 12.4. The largest absolute Gasteiger partial charge is 0.491 e. The standard InChI is InChI=1S/C23H30N2O4/c1-3-17(2)29-19-12-10-18(11-13-19)24-15-23(26)25-21-8-4-5-9-22(21)28-16-20-7-6-14-27-20/h4-5,8-13,17,20,24H,3,6-7,14-16H2,1-2H3,(H,25,26). The van der Waals surface area contributed by atoms with Crippen LogP contribution in [0.4, 0.5) is 11.4 Å². The Bertz CT molecular complexity index is 773. The number of carbonyl (C=O) groups excluding carboxylic acids is 1. The summed E-state index contributed by atoms with van der Waals surface area (Å²) >= 11 is 0. The zero-order valence-electron chi connectivity index (χ0n) is 17.1. The molecular weight excluding hydrogens is 368 g/mol. The molecule has 6 heteroatoms. The minimum absolute atomic E-state index is 0.132. The number of amides is 1. The zero-order chi connectivity index (χ0) is 20.5. The van der Waals surface area contributed by atoms with E-state index in [0.29, 0.717) is 18.0 Å². The zero-order valence-corrected chi connectivity index (χ0v) is 17.1. The van der Waals surface area contributed by atoms with E-state index in [1.165, 1.54) is 0 Å². The molecule has 1 aliphatic heterocycles. The highest BCUT2D eigenvalue weighted by Crippen LogP contribution is 2.25. The summed E-state index contributed by atoms with van der Waals surface area (Å²) in [5, 5.41) is 6.04. The van der Waals surface area contributed by atoms with Crippen LogP contribution in [0.25, 0.3) is 0 Å². The third kappa shape index (κ3) is 6.68. The van der Waals surface area contributed by atoms with Gasteiger partial charge >= 0.3 is 0 Å². The normalized spacial score (nSPS) is 16.8. The van der Waals surface area contributed by atoms with Crippen molar-refractivity contribution >= 4 is 17.3 Å². The number of benzene rings is 2. The van der Waals surface area contributed by atoms with Gasteiger partial charge in [0, 0.05) is 12.3 Å². The molecule has 2 unspecified atom stereocenters. The first kappa shape index (κ1) is 21.0. The van der Waals surface area contributed by atoms with Crippen LogP contribution in [0, 0.1) is 0 Å². The van der Waals surface area contributed by atoms with Gasteiger partial charge in [0.05, 0.1) is 24.4 Å². The smallest absolute Gasteiger partial charge is 0.243 e. The lowest BCUT2D eigenvalue weighted by Gasteiger charge is -2.15. The van der Waals surface area contributed by atoms with Gasteiger partial charge < -0.3 is 24.8 Å². The molecule has 1 amide bonds. The second-order valence-electron chi connectivity index (χ2n) is 7.21. The van der Waals surface area contributed by atoms with Gasteiger partial charge in [0.15, 0.2) is 0 Å². The molecule has 2 aromatic carbocycles. The van der Waals surface area contributed by atoms with Crippen LogP contribution < -0.4 is 20.1 Å². The summed E-state index contributed by atoms with van der Waals surface area (Å²) in [5.74, 6) is 1.34. The van der Waals surface area contributed by atoms with Gasteiger partial charge in [0.2, 0.25) is 5.91 Å². The first-order chi connectivity index (χ1) is 14.1. The van der Waals surface area contributed by atoms with Crippen LogP contribution in [0.1, 0.15) is 33.1 Å². The van der Waals surface area contributed by atoms with Crippen LogP contribution >= 0.6 is 0 Å². The third-order valence-corrected chi connectivity index (χ3v) is 4.83. The fourth-order valence-corrected chi connectivity index (χ4v) is 3.00. The van der Waals surface area contributed by atoms with Gasteiger partial charge in [-0.2, -0.15) is 0 Å². The van der Waals surface area contributed by atoms with E-state index in [2.05, 4.69) is 17.6 Å². The predicted molar refractivity (Wildman–Crippen MR) is 115 cm³/mol. The number of nitrogens with one attached hydrogen (secondary N) is 2. The molecule has 0 aliphatic carbocycles. The van der Waals surface area contributed by atoms with Crippen molar-refractivity contribution in [1.82, 2.24) is 0 Å². The summed E-state index contributed by atoms with van der Waals surface area (Å²) in [6.07, 6.45) is 3.36. The molecule has 0 aromatic heterocycles. The lowest BCUT2D eigenvalue weighted by Crippen LogP contribution is -2.22. The van der Waals surface area contributed by atoms with Crippen molar-refractivity contribution < 1.29 is 19.0 Å². The maximum atomic E-state index is 12.4. The van der Waals surface area contributed by atoms with Crippen molar-refractivity contribution in [1.29, 1.82) is 0 Å². The minimum Gasteiger partial charge on any atom is -0.491 e. The fourth-order valence-electron chi connectivity index (χ4n) is 3.00. The highest BCUT2D eigenvalue weighted by Gasteiger charge is 2.17. The van der Waals surface area contributed by atoms with Crippen LogP contribution in [-0.2, 0) is 9.53 Å². The number of hydrogen-bond acceptors (Lipinski definition) is 5. The predicted octanol–water partition coefficient (Wildman–Crippen LogP) is 4.47. The molecule has 0 spiro atoms. The second kappa shape index (κ2) is 10.7. The van der Waals surface area contributed by atoms with E-state index in [4.69, 9.17) is 14.2 Å². The molecule has 1 fully saturated rings. The minimum atomic E-state index is -0.141. The molecule has 3 rings (SSSR count). The number of carbonyl (C=O) groups is 1. The van der Waals surface area contributed by atoms with Crippen LogP contribution in [0.2, 0.25) is 0 Å². The highest BCUT2D eigenvalue weighted by molar-refractivity contribution is 5.95. The SMILES string of the molecule is CCC(C)Oc1ccc(NCC(=O)Nc2ccccc2OCC2CCCO2)cc1. The lowest BCUT2D eigenvalue weighted by molar-refractivity contribution is -0.114. The summed E-state index contributed by atoms with van der Waals surface area (Å²) in [6.45, 7) is 5.58. The van der Waals surface area contributed by atoms with E-state index in [-0.39, 0.29) is 24.7 Å². The van der Waals surface area contributed by atoms with Crippen molar-refractivity contribution in [2.75, 3.05) is 30.4 Å². The van der Waals surface area contributed by atoms with Gasteiger partial charge in [0.25, 0.3) is 0 Å². The third-order valence-electron chi connectivity index (χ3n) is 4.83. The molecule has 2 N–H and O–H groups in total. The number of para-hydroxylation sites is 2. The molecule has 156 valence electrons. The van der Waals surface area contributed by atoms with Crippen molar-refractivity contribution in [2.24, 2.45) is 0 Å². The van der Waals surface area contributed by atoms with E-state index in [1.54, 1.807) is 0 Å². The van der Waals surface area contributed by atoms with Gasteiger partial charge in [-0.15, -0.1) is 0 Å². The van der Waals surface area contributed by atoms with Gasteiger partial charge in [-0.1, -0.05) is 19.1 Å². The van der Waals surface area contributed by atoms with Crippen LogP contribution in [-0.4, -0.2) is 37.9 Å². The molecule has 1 saturated heterocycles. The van der Waals surface area contributed by atoms with E-state index in [9.17, 15) is 4.79 Å². The molecule has 1 aliphatic rings. The molecule has 0 bridgehead atoms. The molecular formula is C23H30N2O4. The molecule has 6 nitrogen and oxygen atoms in total. The monoisotopic (exact) mass is 398 g/mol. The van der Waals surface area contributed by atoms with E-state index in [0.717, 1.165) is 37.3 Å². The Labute approximate surface area is 172 Å². The van der Waals surface area contributed by atoms with Crippen molar-refractivity contribution in [3.63, 3.8) is 0 Å². The first-order valence-electron chi connectivity index (χ1n) is 10.3. The Morgan fingerprint density at radius 1 is 1.21 bits per heavy atom. The van der Waals surface area contributed by atoms with Crippen LogP contribution in [0.15, 0.2) is 48.5 Å².